The molecule has 0 spiro atoms. The first kappa shape index (κ1) is 15.0. The fourth-order valence-corrected chi connectivity index (χ4v) is 3.15. The van der Waals surface area contributed by atoms with Crippen LogP contribution in [0.3, 0.4) is 0 Å². The summed E-state index contributed by atoms with van der Waals surface area (Å²) in [5.74, 6) is 0. The highest BCUT2D eigenvalue weighted by atomic mass is 16.5. The van der Waals surface area contributed by atoms with E-state index in [9.17, 15) is 0 Å². The minimum atomic E-state index is 0.373. The molecule has 3 rings (SSSR count). The number of rotatable bonds is 5. The van der Waals surface area contributed by atoms with Crippen molar-refractivity contribution in [2.24, 2.45) is 0 Å². The van der Waals surface area contributed by atoms with Gasteiger partial charge in [-0.15, -0.1) is 0 Å². The Bertz CT molecular complexity index is 461. The van der Waals surface area contributed by atoms with Crippen molar-refractivity contribution in [2.45, 2.75) is 32.7 Å². The van der Waals surface area contributed by atoms with Crippen LogP contribution in [0, 0.1) is 0 Å². The Morgan fingerprint density at radius 2 is 2.38 bits per heavy atom. The molecular weight excluding hydrogens is 266 g/mol. The van der Waals surface area contributed by atoms with Crippen LogP contribution in [0.1, 0.15) is 18.2 Å². The topological polar surface area (TPSA) is 45.6 Å². The molecule has 1 fully saturated rings. The van der Waals surface area contributed by atoms with E-state index in [0.29, 0.717) is 6.10 Å². The van der Waals surface area contributed by atoms with E-state index in [0.717, 1.165) is 59.0 Å². The summed E-state index contributed by atoms with van der Waals surface area (Å²) in [7, 11) is 2.20. The van der Waals surface area contributed by atoms with Gasteiger partial charge >= 0.3 is 0 Å². The molecule has 0 saturated carbocycles. The van der Waals surface area contributed by atoms with Crippen molar-refractivity contribution < 1.29 is 4.74 Å². The summed E-state index contributed by atoms with van der Waals surface area (Å²) in [6.45, 7) is 11.3. The average molecular weight is 293 g/mol. The van der Waals surface area contributed by atoms with Gasteiger partial charge in [-0.25, -0.2) is 0 Å². The Morgan fingerprint density at radius 3 is 3.24 bits per heavy atom. The molecule has 1 atom stereocenters. The summed E-state index contributed by atoms with van der Waals surface area (Å²) in [6.07, 6.45) is 2.41. The van der Waals surface area contributed by atoms with Crippen LogP contribution in [0.4, 0.5) is 0 Å². The van der Waals surface area contributed by atoms with Crippen molar-refractivity contribution in [3.05, 3.63) is 17.5 Å². The summed E-state index contributed by atoms with van der Waals surface area (Å²) < 4.78 is 7.73. The van der Waals surface area contributed by atoms with Crippen molar-refractivity contribution in [1.29, 1.82) is 0 Å². The van der Waals surface area contributed by atoms with Gasteiger partial charge < -0.3 is 15.0 Å². The molecular formula is C15H27N5O. The number of morpholine rings is 1. The molecule has 21 heavy (non-hydrogen) atoms. The zero-order valence-electron chi connectivity index (χ0n) is 13.2. The SMILES string of the molecule is CC1CN(CCN(C)Cc2cnn3c2CNCC3)CCO1. The lowest BCUT2D eigenvalue weighted by Crippen LogP contribution is -2.44. The fourth-order valence-electron chi connectivity index (χ4n) is 3.15. The zero-order valence-corrected chi connectivity index (χ0v) is 13.2. The normalized spacial score (nSPS) is 23.5. The molecule has 0 aliphatic carbocycles. The van der Waals surface area contributed by atoms with Gasteiger partial charge in [0.1, 0.15) is 0 Å². The van der Waals surface area contributed by atoms with Crippen LogP contribution < -0.4 is 5.32 Å². The predicted molar refractivity (Wildman–Crippen MR) is 82.1 cm³/mol. The second-order valence-electron chi connectivity index (χ2n) is 6.24. The van der Waals surface area contributed by atoms with Gasteiger partial charge in [0.15, 0.2) is 0 Å². The van der Waals surface area contributed by atoms with Crippen LogP contribution in [0.5, 0.6) is 0 Å². The van der Waals surface area contributed by atoms with Crippen LogP contribution in [0.2, 0.25) is 0 Å². The lowest BCUT2D eigenvalue weighted by Gasteiger charge is -2.32. The maximum atomic E-state index is 5.59. The van der Waals surface area contributed by atoms with Crippen molar-refractivity contribution in [3.63, 3.8) is 0 Å². The number of hydrogen-bond donors (Lipinski definition) is 1. The summed E-state index contributed by atoms with van der Waals surface area (Å²) in [4.78, 5) is 4.90. The molecule has 6 nitrogen and oxygen atoms in total. The van der Waals surface area contributed by atoms with Gasteiger partial charge in [0.2, 0.25) is 0 Å². The minimum Gasteiger partial charge on any atom is -0.376 e. The van der Waals surface area contributed by atoms with E-state index >= 15 is 0 Å². The van der Waals surface area contributed by atoms with Crippen LogP contribution >= 0.6 is 0 Å². The third-order valence-corrected chi connectivity index (χ3v) is 4.39. The number of likely N-dealkylation sites (N-methyl/N-ethyl adjacent to an activating group) is 1. The lowest BCUT2D eigenvalue weighted by molar-refractivity contribution is -0.0202. The molecule has 0 amide bonds. The van der Waals surface area contributed by atoms with Gasteiger partial charge in [-0.2, -0.15) is 5.10 Å². The molecule has 6 heteroatoms. The number of hydrogen-bond acceptors (Lipinski definition) is 5. The summed E-state index contributed by atoms with van der Waals surface area (Å²) in [6, 6.07) is 0. The Hall–Kier alpha value is -0.950. The van der Waals surface area contributed by atoms with Crippen molar-refractivity contribution in [2.75, 3.05) is 46.4 Å². The van der Waals surface area contributed by atoms with Crippen molar-refractivity contribution in [1.82, 2.24) is 24.9 Å². The first-order valence-corrected chi connectivity index (χ1v) is 7.99. The molecule has 118 valence electrons. The van der Waals surface area contributed by atoms with Crippen LogP contribution in [-0.2, 0) is 24.4 Å². The highest BCUT2D eigenvalue weighted by molar-refractivity contribution is 5.18. The Kier molecular flexibility index (Phi) is 4.90. The first-order chi connectivity index (χ1) is 10.2. The molecule has 2 aliphatic rings. The van der Waals surface area contributed by atoms with E-state index in [1.807, 2.05) is 6.20 Å². The standard InChI is InChI=1S/C15H27N5O/c1-13-11-19(7-8-21-13)6-5-18(2)12-14-9-17-20-4-3-16-10-15(14)20/h9,13,16H,3-8,10-12H2,1-2H3. The molecule has 3 heterocycles. The number of nitrogens with one attached hydrogen (secondary N) is 1. The number of aromatic nitrogens is 2. The summed E-state index contributed by atoms with van der Waals surface area (Å²) in [5.41, 5.74) is 2.72. The average Bonchev–Trinajstić information content (AvgIpc) is 2.89. The molecule has 0 aromatic carbocycles. The maximum Gasteiger partial charge on any atom is 0.0674 e. The Balaban J connectivity index is 1.47. The quantitative estimate of drug-likeness (QED) is 0.837. The molecule has 1 unspecified atom stereocenters. The Labute approximate surface area is 127 Å². The number of nitrogens with zero attached hydrogens (tertiary/aromatic N) is 4. The van der Waals surface area contributed by atoms with Crippen LogP contribution in [0.25, 0.3) is 0 Å². The molecule has 1 aromatic heterocycles. The zero-order chi connectivity index (χ0) is 14.7. The van der Waals surface area contributed by atoms with Gasteiger partial charge in [-0.3, -0.25) is 9.58 Å². The maximum absolute atomic E-state index is 5.59. The smallest absolute Gasteiger partial charge is 0.0674 e. The van der Waals surface area contributed by atoms with E-state index in [2.05, 4.69) is 38.9 Å². The first-order valence-electron chi connectivity index (χ1n) is 7.99. The van der Waals surface area contributed by atoms with E-state index in [-0.39, 0.29) is 0 Å². The molecule has 1 saturated heterocycles. The minimum absolute atomic E-state index is 0.373. The number of fused-ring (bicyclic) bond motifs is 1. The summed E-state index contributed by atoms with van der Waals surface area (Å²) in [5, 5.41) is 7.92. The highest BCUT2D eigenvalue weighted by Crippen LogP contribution is 2.13. The summed E-state index contributed by atoms with van der Waals surface area (Å²) >= 11 is 0. The van der Waals surface area contributed by atoms with Gasteiger partial charge in [0.25, 0.3) is 0 Å². The molecule has 1 aromatic rings. The second kappa shape index (κ2) is 6.87. The third-order valence-electron chi connectivity index (χ3n) is 4.39. The predicted octanol–water partition coefficient (Wildman–Crippen LogP) is 0.139. The lowest BCUT2D eigenvalue weighted by atomic mass is 10.2. The van der Waals surface area contributed by atoms with Crippen LogP contribution in [-0.4, -0.2) is 72.1 Å². The van der Waals surface area contributed by atoms with Crippen LogP contribution in [0.15, 0.2) is 6.20 Å². The second-order valence-corrected chi connectivity index (χ2v) is 6.24. The molecule has 2 aliphatic heterocycles. The molecule has 0 bridgehead atoms. The fraction of sp³-hybridized carbons (Fsp3) is 0.800. The van der Waals surface area contributed by atoms with Gasteiger partial charge in [-0.1, -0.05) is 0 Å². The third kappa shape index (κ3) is 3.83. The van der Waals surface area contributed by atoms with Gasteiger partial charge in [0.05, 0.1) is 31.1 Å². The van der Waals surface area contributed by atoms with Gasteiger partial charge in [-0.05, 0) is 14.0 Å². The Morgan fingerprint density at radius 1 is 1.48 bits per heavy atom. The monoisotopic (exact) mass is 293 g/mol. The van der Waals surface area contributed by atoms with Gasteiger partial charge in [0, 0.05) is 51.4 Å². The van der Waals surface area contributed by atoms with E-state index in [4.69, 9.17) is 4.74 Å². The van der Waals surface area contributed by atoms with E-state index < -0.39 is 0 Å². The largest absolute Gasteiger partial charge is 0.376 e. The van der Waals surface area contributed by atoms with E-state index in [1.165, 1.54) is 11.3 Å². The highest BCUT2D eigenvalue weighted by Gasteiger charge is 2.18. The van der Waals surface area contributed by atoms with Crippen molar-refractivity contribution in [3.8, 4) is 0 Å². The molecule has 1 N–H and O–H groups in total. The van der Waals surface area contributed by atoms with Crippen molar-refractivity contribution >= 4 is 0 Å². The number of ether oxygens (including phenoxy) is 1. The van der Waals surface area contributed by atoms with E-state index in [1.54, 1.807) is 0 Å². The molecule has 0 radical (unpaired) electrons.